The van der Waals surface area contributed by atoms with Gasteiger partial charge in [-0.2, -0.15) is 0 Å². The first kappa shape index (κ1) is 12.7. The van der Waals surface area contributed by atoms with Crippen LogP contribution < -0.4 is 0 Å². The molecule has 0 atom stereocenters. The average Bonchev–Trinajstić information content (AvgIpc) is 2.15. The zero-order valence-electron chi connectivity index (χ0n) is 8.13. The van der Waals surface area contributed by atoms with Crippen molar-refractivity contribution in [2.45, 2.75) is 6.92 Å². The van der Waals surface area contributed by atoms with Gasteiger partial charge in [0.2, 0.25) is 5.12 Å². The van der Waals surface area contributed by atoms with Crippen molar-refractivity contribution in [1.29, 1.82) is 0 Å². The molecule has 0 radical (unpaired) electrons. The standard InChI is InChI=1S/C12H14OS/c1-2-3-4-5-6-7-8-9-10-11-12(13)14/h2-11H,1H3,(H,13,14)/b3-2+,5-4+,7-6+,9-8+,11-10+. The fourth-order valence-corrected chi connectivity index (χ4v) is 0.720. The zero-order chi connectivity index (χ0) is 10.6. The highest BCUT2D eigenvalue weighted by atomic mass is 32.1. The summed E-state index contributed by atoms with van der Waals surface area (Å²) in [6.45, 7) is 1.97. The molecule has 0 unspecified atom stereocenters. The Balaban J connectivity index is 3.76. The van der Waals surface area contributed by atoms with Gasteiger partial charge in [-0.1, -0.05) is 54.7 Å². The quantitative estimate of drug-likeness (QED) is 0.415. The third-order valence-electron chi connectivity index (χ3n) is 1.21. The molecule has 0 aliphatic carbocycles. The van der Waals surface area contributed by atoms with Crippen molar-refractivity contribution in [1.82, 2.24) is 0 Å². The molecule has 0 aromatic rings. The first-order chi connectivity index (χ1) is 6.77. The number of carbonyl (C=O) groups is 1. The molecule has 0 spiro atoms. The molecule has 1 nitrogen and oxygen atoms in total. The fourth-order valence-electron chi connectivity index (χ4n) is 0.634. The lowest BCUT2D eigenvalue weighted by Gasteiger charge is -1.74. The normalized spacial score (nSPS) is 13.3. The molecule has 0 aromatic carbocycles. The lowest BCUT2D eigenvalue weighted by atomic mass is 10.3. The summed E-state index contributed by atoms with van der Waals surface area (Å²) in [6, 6.07) is 0. The lowest BCUT2D eigenvalue weighted by Crippen LogP contribution is -1.71. The van der Waals surface area contributed by atoms with Crippen LogP contribution in [-0.4, -0.2) is 5.12 Å². The topological polar surface area (TPSA) is 17.1 Å². The van der Waals surface area contributed by atoms with Crippen molar-refractivity contribution in [3.8, 4) is 0 Å². The molecular formula is C12H14OS. The molecular weight excluding hydrogens is 192 g/mol. The van der Waals surface area contributed by atoms with Gasteiger partial charge in [0.15, 0.2) is 0 Å². The van der Waals surface area contributed by atoms with Crippen LogP contribution in [0.5, 0.6) is 0 Å². The molecule has 0 heterocycles. The van der Waals surface area contributed by atoms with Gasteiger partial charge in [0.1, 0.15) is 0 Å². The maximum atomic E-state index is 10.4. The number of thiol groups is 1. The van der Waals surface area contributed by atoms with E-state index in [9.17, 15) is 4.79 Å². The van der Waals surface area contributed by atoms with Gasteiger partial charge in [-0.15, -0.1) is 12.6 Å². The summed E-state index contributed by atoms with van der Waals surface area (Å²) in [5.74, 6) is 0. The average molecular weight is 206 g/mol. The Labute approximate surface area is 90.6 Å². The molecule has 2 heteroatoms. The van der Waals surface area contributed by atoms with E-state index in [2.05, 4.69) is 12.6 Å². The highest BCUT2D eigenvalue weighted by Crippen LogP contribution is 1.85. The van der Waals surface area contributed by atoms with Crippen molar-refractivity contribution in [3.63, 3.8) is 0 Å². The Morgan fingerprint density at radius 3 is 1.71 bits per heavy atom. The maximum absolute atomic E-state index is 10.4. The third-order valence-corrected chi connectivity index (χ3v) is 1.36. The van der Waals surface area contributed by atoms with Crippen molar-refractivity contribution in [2.24, 2.45) is 0 Å². The molecule has 0 amide bonds. The van der Waals surface area contributed by atoms with Crippen molar-refractivity contribution < 1.29 is 4.79 Å². The Morgan fingerprint density at radius 1 is 0.857 bits per heavy atom. The van der Waals surface area contributed by atoms with Crippen LogP contribution in [0.4, 0.5) is 0 Å². The molecule has 0 fully saturated rings. The van der Waals surface area contributed by atoms with Crippen LogP contribution in [0.15, 0.2) is 60.8 Å². The second-order valence-corrected chi connectivity index (χ2v) is 2.82. The van der Waals surface area contributed by atoms with Gasteiger partial charge in [0.05, 0.1) is 0 Å². The maximum Gasteiger partial charge on any atom is 0.209 e. The lowest BCUT2D eigenvalue weighted by molar-refractivity contribution is -0.106. The van der Waals surface area contributed by atoms with Gasteiger partial charge in [-0.3, -0.25) is 4.79 Å². The van der Waals surface area contributed by atoms with E-state index in [1.54, 1.807) is 12.2 Å². The van der Waals surface area contributed by atoms with Gasteiger partial charge in [-0.25, -0.2) is 0 Å². The second kappa shape index (κ2) is 9.81. The number of carbonyl (C=O) groups excluding carboxylic acids is 1. The highest BCUT2D eigenvalue weighted by Gasteiger charge is 1.76. The number of allylic oxidation sites excluding steroid dienone is 9. The van der Waals surface area contributed by atoms with Crippen LogP contribution in [0.2, 0.25) is 0 Å². The van der Waals surface area contributed by atoms with Crippen LogP contribution in [-0.2, 0) is 4.79 Å². The van der Waals surface area contributed by atoms with E-state index < -0.39 is 0 Å². The Hall–Kier alpha value is -1.28. The summed E-state index contributed by atoms with van der Waals surface area (Å²) in [5.41, 5.74) is 0. The van der Waals surface area contributed by atoms with E-state index in [1.165, 1.54) is 6.08 Å². The third kappa shape index (κ3) is 10.7. The smallest absolute Gasteiger partial charge is 0.209 e. The van der Waals surface area contributed by atoms with Crippen LogP contribution in [0.1, 0.15) is 6.92 Å². The summed E-state index contributed by atoms with van der Waals surface area (Å²) >= 11 is 3.58. The zero-order valence-corrected chi connectivity index (χ0v) is 9.02. The number of hydrogen-bond acceptors (Lipinski definition) is 1. The van der Waals surface area contributed by atoms with E-state index in [-0.39, 0.29) is 5.12 Å². The molecule has 0 N–H and O–H groups in total. The number of hydrogen-bond donors (Lipinski definition) is 1. The van der Waals surface area contributed by atoms with E-state index in [1.807, 2.05) is 49.5 Å². The minimum absolute atomic E-state index is 0.244. The highest BCUT2D eigenvalue weighted by molar-refractivity contribution is 7.97. The van der Waals surface area contributed by atoms with Crippen LogP contribution in [0.25, 0.3) is 0 Å². The van der Waals surface area contributed by atoms with Crippen LogP contribution >= 0.6 is 12.6 Å². The molecule has 0 aliphatic heterocycles. The monoisotopic (exact) mass is 206 g/mol. The minimum atomic E-state index is -0.244. The fraction of sp³-hybridized carbons (Fsp3) is 0.0833. The summed E-state index contributed by atoms with van der Waals surface area (Å²) in [4.78, 5) is 10.4. The molecule has 14 heavy (non-hydrogen) atoms. The second-order valence-electron chi connectivity index (χ2n) is 2.38. The molecule has 0 bridgehead atoms. The summed E-state index contributed by atoms with van der Waals surface area (Å²) in [6.07, 6.45) is 18.2. The molecule has 0 aliphatic rings. The minimum Gasteiger partial charge on any atom is -0.283 e. The molecule has 0 saturated heterocycles. The first-order valence-corrected chi connectivity index (χ1v) is 4.74. The predicted octanol–water partition coefficient (Wildman–Crippen LogP) is 3.24. The largest absolute Gasteiger partial charge is 0.283 e. The van der Waals surface area contributed by atoms with E-state index in [0.717, 1.165) is 0 Å². The van der Waals surface area contributed by atoms with Gasteiger partial charge >= 0.3 is 0 Å². The van der Waals surface area contributed by atoms with E-state index >= 15 is 0 Å². The Kier molecular flexibility index (Phi) is 8.91. The predicted molar refractivity (Wildman–Crippen MR) is 65.4 cm³/mol. The summed E-state index contributed by atoms with van der Waals surface area (Å²) in [7, 11) is 0. The first-order valence-electron chi connectivity index (χ1n) is 4.29. The van der Waals surface area contributed by atoms with Crippen LogP contribution in [0, 0.1) is 0 Å². The van der Waals surface area contributed by atoms with Gasteiger partial charge in [0.25, 0.3) is 0 Å². The van der Waals surface area contributed by atoms with Crippen LogP contribution in [0.3, 0.4) is 0 Å². The van der Waals surface area contributed by atoms with Gasteiger partial charge in [-0.05, 0) is 13.0 Å². The van der Waals surface area contributed by atoms with Crippen molar-refractivity contribution in [2.75, 3.05) is 0 Å². The van der Waals surface area contributed by atoms with Gasteiger partial charge in [0, 0.05) is 0 Å². The SMILES string of the molecule is C/C=C/C=C/C=C/C=C/C=C/C(=O)S. The summed E-state index contributed by atoms with van der Waals surface area (Å²) < 4.78 is 0. The Morgan fingerprint density at radius 2 is 1.29 bits per heavy atom. The molecule has 0 aromatic heterocycles. The Bertz CT molecular complexity index is 293. The molecule has 74 valence electrons. The van der Waals surface area contributed by atoms with E-state index in [4.69, 9.17) is 0 Å². The molecule has 0 rings (SSSR count). The summed E-state index contributed by atoms with van der Waals surface area (Å²) in [5, 5.41) is -0.244. The number of rotatable bonds is 5. The van der Waals surface area contributed by atoms with Crippen molar-refractivity contribution >= 4 is 17.7 Å². The van der Waals surface area contributed by atoms with Gasteiger partial charge < -0.3 is 0 Å². The van der Waals surface area contributed by atoms with E-state index in [0.29, 0.717) is 0 Å². The van der Waals surface area contributed by atoms with Crippen molar-refractivity contribution in [3.05, 3.63) is 60.8 Å². The molecule has 0 saturated carbocycles.